The fourth-order valence-electron chi connectivity index (χ4n) is 4.90. The molecule has 1 saturated heterocycles. The Morgan fingerprint density at radius 2 is 1.89 bits per heavy atom. The lowest BCUT2D eigenvalue weighted by Gasteiger charge is -2.34. The van der Waals surface area contributed by atoms with Gasteiger partial charge in [0.05, 0.1) is 16.8 Å². The number of nitrogens with zero attached hydrogens (tertiary/aromatic N) is 3. The summed E-state index contributed by atoms with van der Waals surface area (Å²) in [6.07, 6.45) is 0. The van der Waals surface area contributed by atoms with Gasteiger partial charge in [0.2, 0.25) is 0 Å². The first-order valence-electron chi connectivity index (χ1n) is 12.8. The molecule has 0 unspecified atom stereocenters. The van der Waals surface area contributed by atoms with Crippen LogP contribution >= 0.6 is 11.3 Å². The summed E-state index contributed by atoms with van der Waals surface area (Å²) in [5, 5.41) is 6.66. The first-order valence-corrected chi connectivity index (χ1v) is 13.7. The molecule has 0 aliphatic carbocycles. The molecule has 1 fully saturated rings. The topological polar surface area (TPSA) is 87.9 Å². The summed E-state index contributed by atoms with van der Waals surface area (Å²) >= 11 is 1.69. The van der Waals surface area contributed by atoms with E-state index in [1.54, 1.807) is 23.5 Å². The molecule has 9 heteroatoms. The van der Waals surface area contributed by atoms with Crippen molar-refractivity contribution >= 4 is 54.3 Å². The van der Waals surface area contributed by atoms with Gasteiger partial charge in [-0.25, -0.2) is 9.78 Å². The molecule has 38 heavy (non-hydrogen) atoms. The van der Waals surface area contributed by atoms with Crippen LogP contribution in [-0.4, -0.2) is 61.7 Å². The van der Waals surface area contributed by atoms with Gasteiger partial charge in [-0.05, 0) is 48.0 Å². The van der Waals surface area contributed by atoms with E-state index in [2.05, 4.69) is 21.2 Å². The van der Waals surface area contributed by atoms with Gasteiger partial charge in [-0.15, -0.1) is 0 Å². The van der Waals surface area contributed by atoms with E-state index in [0.29, 0.717) is 25.3 Å². The van der Waals surface area contributed by atoms with E-state index in [-0.39, 0.29) is 5.56 Å². The van der Waals surface area contributed by atoms with E-state index in [1.165, 1.54) is 0 Å². The van der Waals surface area contributed by atoms with Gasteiger partial charge in [-0.3, -0.25) is 9.69 Å². The van der Waals surface area contributed by atoms with Crippen molar-refractivity contribution in [1.82, 2.24) is 15.2 Å². The SMILES string of the molecule is CCOc1ccc2nc(N3CCN(CCNC(=O)c4cc5c(ccc6ccccc65)oc4=O)CC3)sc2c1. The first kappa shape index (κ1) is 24.4. The van der Waals surface area contributed by atoms with Crippen molar-refractivity contribution < 1.29 is 13.9 Å². The third-order valence-electron chi connectivity index (χ3n) is 6.90. The van der Waals surface area contributed by atoms with Gasteiger partial charge in [0.25, 0.3) is 5.91 Å². The van der Waals surface area contributed by atoms with Gasteiger partial charge in [0, 0.05) is 44.7 Å². The van der Waals surface area contributed by atoms with Crippen molar-refractivity contribution in [2.75, 3.05) is 50.8 Å². The predicted octanol–water partition coefficient (Wildman–Crippen LogP) is 4.51. The highest BCUT2D eigenvalue weighted by Crippen LogP contribution is 2.32. The summed E-state index contributed by atoms with van der Waals surface area (Å²) < 4.78 is 12.2. The zero-order valence-electron chi connectivity index (χ0n) is 21.1. The highest BCUT2D eigenvalue weighted by Gasteiger charge is 2.21. The summed E-state index contributed by atoms with van der Waals surface area (Å²) in [6.45, 7) is 7.27. The molecule has 1 N–H and O–H groups in total. The number of anilines is 1. The number of hydrogen-bond acceptors (Lipinski definition) is 8. The monoisotopic (exact) mass is 528 g/mol. The maximum atomic E-state index is 12.9. The standard InChI is InChI=1S/C29H28N4O4S/c1-2-36-20-8-9-24-26(17-20)38-29(31-24)33-15-13-32(14-16-33)12-11-30-27(34)23-18-22-21-6-4-3-5-19(21)7-10-25(22)37-28(23)35/h3-10,17-18H,2,11-16H2,1H3,(H,30,34). The number of carbonyl (C=O) groups is 1. The average Bonchev–Trinajstić information content (AvgIpc) is 3.36. The molecule has 1 aliphatic rings. The maximum Gasteiger partial charge on any atom is 0.349 e. The third kappa shape index (κ3) is 4.82. The molecule has 1 amide bonds. The lowest BCUT2D eigenvalue weighted by molar-refractivity contribution is 0.0944. The fourth-order valence-corrected chi connectivity index (χ4v) is 5.95. The molecule has 5 aromatic rings. The minimum absolute atomic E-state index is 0.0296. The van der Waals surface area contributed by atoms with Gasteiger partial charge in [-0.1, -0.05) is 41.7 Å². The Kier molecular flexibility index (Phi) is 6.70. The van der Waals surface area contributed by atoms with E-state index in [4.69, 9.17) is 14.1 Å². The third-order valence-corrected chi connectivity index (χ3v) is 7.98. The average molecular weight is 529 g/mol. The second kappa shape index (κ2) is 10.4. The van der Waals surface area contributed by atoms with Crippen LogP contribution in [0.2, 0.25) is 0 Å². The molecule has 0 radical (unpaired) electrons. The number of hydrogen-bond donors (Lipinski definition) is 1. The van der Waals surface area contributed by atoms with Crippen LogP contribution < -0.4 is 20.6 Å². The molecule has 0 bridgehead atoms. The van der Waals surface area contributed by atoms with Crippen LogP contribution in [0.4, 0.5) is 5.13 Å². The Labute approximate surface area is 223 Å². The molecule has 0 atom stereocenters. The zero-order valence-corrected chi connectivity index (χ0v) is 21.9. The van der Waals surface area contributed by atoms with Crippen LogP contribution in [-0.2, 0) is 0 Å². The molecule has 194 valence electrons. The Bertz CT molecular complexity index is 1690. The number of ether oxygens (including phenoxy) is 1. The molecule has 8 nitrogen and oxygen atoms in total. The lowest BCUT2D eigenvalue weighted by Crippen LogP contribution is -2.48. The van der Waals surface area contributed by atoms with Gasteiger partial charge in [0.1, 0.15) is 16.9 Å². The minimum Gasteiger partial charge on any atom is -0.494 e. The van der Waals surface area contributed by atoms with Crippen molar-refractivity contribution in [1.29, 1.82) is 0 Å². The van der Waals surface area contributed by atoms with E-state index < -0.39 is 11.5 Å². The van der Waals surface area contributed by atoms with Gasteiger partial charge in [-0.2, -0.15) is 0 Å². The number of thiazole rings is 1. The van der Waals surface area contributed by atoms with E-state index in [0.717, 1.165) is 63.4 Å². The van der Waals surface area contributed by atoms with Crippen molar-refractivity contribution in [3.63, 3.8) is 0 Å². The second-order valence-electron chi connectivity index (χ2n) is 9.29. The quantitative estimate of drug-likeness (QED) is 0.246. The molecule has 2 aromatic heterocycles. The molecule has 0 spiro atoms. The summed E-state index contributed by atoms with van der Waals surface area (Å²) in [7, 11) is 0. The van der Waals surface area contributed by atoms with Crippen LogP contribution in [0.25, 0.3) is 32.0 Å². The largest absolute Gasteiger partial charge is 0.494 e. The number of benzene rings is 3. The number of piperazine rings is 1. The highest BCUT2D eigenvalue weighted by molar-refractivity contribution is 7.22. The van der Waals surface area contributed by atoms with Crippen molar-refractivity contribution in [2.24, 2.45) is 0 Å². The van der Waals surface area contributed by atoms with Crippen LogP contribution in [0.5, 0.6) is 5.75 Å². The highest BCUT2D eigenvalue weighted by atomic mass is 32.1. The predicted molar refractivity (Wildman–Crippen MR) is 152 cm³/mol. The minimum atomic E-state index is -0.622. The van der Waals surface area contributed by atoms with E-state index in [9.17, 15) is 9.59 Å². The van der Waals surface area contributed by atoms with Crippen molar-refractivity contribution in [2.45, 2.75) is 6.92 Å². The first-order chi connectivity index (χ1) is 18.6. The Morgan fingerprint density at radius 1 is 1.05 bits per heavy atom. The Hall–Kier alpha value is -3.95. The number of amides is 1. The summed E-state index contributed by atoms with van der Waals surface area (Å²) in [4.78, 5) is 34.8. The number of nitrogens with one attached hydrogen (secondary N) is 1. The van der Waals surface area contributed by atoms with Crippen LogP contribution in [0.15, 0.2) is 69.9 Å². The molecular formula is C29H28N4O4S. The van der Waals surface area contributed by atoms with E-state index in [1.807, 2.05) is 49.4 Å². The number of fused-ring (bicyclic) bond motifs is 4. The number of carbonyl (C=O) groups excluding carboxylic acids is 1. The second-order valence-corrected chi connectivity index (χ2v) is 10.3. The summed E-state index contributed by atoms with van der Waals surface area (Å²) in [5.41, 5.74) is 0.876. The van der Waals surface area contributed by atoms with Crippen LogP contribution in [0.1, 0.15) is 17.3 Å². The zero-order chi connectivity index (χ0) is 26.1. The van der Waals surface area contributed by atoms with Gasteiger partial charge in [0.15, 0.2) is 5.13 Å². The maximum absolute atomic E-state index is 12.9. The molecule has 0 saturated carbocycles. The summed E-state index contributed by atoms with van der Waals surface area (Å²) in [5.74, 6) is 0.463. The molecule has 3 heterocycles. The van der Waals surface area contributed by atoms with Crippen molar-refractivity contribution in [3.05, 3.63) is 76.6 Å². The fraction of sp³-hybridized carbons (Fsp3) is 0.276. The Morgan fingerprint density at radius 3 is 2.74 bits per heavy atom. The number of aromatic nitrogens is 1. The lowest BCUT2D eigenvalue weighted by atomic mass is 10.0. The van der Waals surface area contributed by atoms with Crippen LogP contribution in [0.3, 0.4) is 0 Å². The summed E-state index contributed by atoms with van der Waals surface area (Å²) in [6, 6.07) is 19.2. The van der Waals surface area contributed by atoms with Gasteiger partial charge >= 0.3 is 5.63 Å². The molecule has 6 rings (SSSR count). The normalized spacial score (nSPS) is 14.4. The molecule has 3 aromatic carbocycles. The number of rotatable bonds is 7. The Balaban J connectivity index is 1.05. The smallest absolute Gasteiger partial charge is 0.349 e. The van der Waals surface area contributed by atoms with Crippen LogP contribution in [0, 0.1) is 0 Å². The molecular weight excluding hydrogens is 500 g/mol. The van der Waals surface area contributed by atoms with Gasteiger partial charge < -0.3 is 19.4 Å². The van der Waals surface area contributed by atoms with E-state index >= 15 is 0 Å². The van der Waals surface area contributed by atoms with Crippen molar-refractivity contribution in [3.8, 4) is 5.75 Å². The molecule has 1 aliphatic heterocycles.